The Morgan fingerprint density at radius 1 is 1.24 bits per heavy atom. The molecule has 114 valence electrons. The van der Waals surface area contributed by atoms with E-state index in [1.165, 1.54) is 0 Å². The van der Waals surface area contributed by atoms with Crippen LogP contribution in [0.3, 0.4) is 0 Å². The van der Waals surface area contributed by atoms with Gasteiger partial charge in [0.15, 0.2) is 5.75 Å². The molecule has 0 saturated carbocycles. The van der Waals surface area contributed by atoms with Gasteiger partial charge in [0.1, 0.15) is 0 Å². The molecule has 0 saturated heterocycles. The third kappa shape index (κ3) is 4.82. The summed E-state index contributed by atoms with van der Waals surface area (Å²) in [5, 5.41) is 7.61. The van der Waals surface area contributed by atoms with E-state index in [2.05, 4.69) is 55.0 Å². The van der Waals surface area contributed by atoms with Crippen LogP contribution in [-0.2, 0) is 6.54 Å². The van der Waals surface area contributed by atoms with Gasteiger partial charge in [-0.15, -0.1) is 0 Å². The summed E-state index contributed by atoms with van der Waals surface area (Å²) in [5.41, 5.74) is 0.885. The Morgan fingerprint density at radius 2 is 2.00 bits per heavy atom. The van der Waals surface area contributed by atoms with Crippen molar-refractivity contribution in [3.63, 3.8) is 0 Å². The first-order chi connectivity index (χ1) is 9.83. The molecule has 0 radical (unpaired) electrons. The molecule has 6 nitrogen and oxygen atoms in total. The van der Waals surface area contributed by atoms with Gasteiger partial charge in [-0.3, -0.25) is 9.67 Å². The predicted octanol–water partition coefficient (Wildman–Crippen LogP) is 2.93. The first kappa shape index (κ1) is 15.4. The molecule has 0 aliphatic rings. The smallest absolute Gasteiger partial charge is 0.238 e. The summed E-state index contributed by atoms with van der Waals surface area (Å²) in [6, 6.07) is 0.302. The van der Waals surface area contributed by atoms with Crippen LogP contribution in [0.4, 0.5) is 0 Å². The van der Waals surface area contributed by atoms with Crippen molar-refractivity contribution in [2.75, 3.05) is 0 Å². The van der Waals surface area contributed by atoms with Crippen molar-refractivity contribution in [3.8, 4) is 11.6 Å². The third-order valence-corrected chi connectivity index (χ3v) is 2.79. The molecule has 2 aromatic heterocycles. The van der Waals surface area contributed by atoms with Gasteiger partial charge in [0, 0.05) is 24.3 Å². The summed E-state index contributed by atoms with van der Waals surface area (Å²) in [6.45, 7) is 11.1. The number of hydrogen-bond donors (Lipinski definition) is 1. The minimum Gasteiger partial charge on any atom is -0.434 e. The second-order valence-corrected chi connectivity index (χ2v) is 6.30. The topological polar surface area (TPSA) is 64.9 Å². The Labute approximate surface area is 125 Å². The van der Waals surface area contributed by atoms with E-state index in [0.29, 0.717) is 24.2 Å². The quantitative estimate of drug-likeness (QED) is 0.916. The van der Waals surface area contributed by atoms with E-state index >= 15 is 0 Å². The lowest BCUT2D eigenvalue weighted by atomic mass is 10.1. The SMILES string of the molecule is CC(C)n1cc(Oc2cncc(CNC(C)(C)C)n2)cn1. The van der Waals surface area contributed by atoms with Gasteiger partial charge in [-0.2, -0.15) is 5.10 Å². The molecule has 0 fully saturated rings. The lowest BCUT2D eigenvalue weighted by molar-refractivity contribution is 0.414. The van der Waals surface area contributed by atoms with Gasteiger partial charge in [0.25, 0.3) is 0 Å². The van der Waals surface area contributed by atoms with E-state index in [1.807, 2.05) is 10.9 Å². The van der Waals surface area contributed by atoms with Crippen LogP contribution in [-0.4, -0.2) is 25.3 Å². The van der Waals surface area contributed by atoms with E-state index in [1.54, 1.807) is 18.6 Å². The largest absolute Gasteiger partial charge is 0.434 e. The molecule has 2 heterocycles. The Morgan fingerprint density at radius 3 is 2.62 bits per heavy atom. The molecule has 0 aliphatic heterocycles. The van der Waals surface area contributed by atoms with Gasteiger partial charge in [-0.1, -0.05) is 0 Å². The van der Waals surface area contributed by atoms with Crippen molar-refractivity contribution in [3.05, 3.63) is 30.5 Å². The minimum atomic E-state index is 0.0386. The fourth-order valence-corrected chi connectivity index (χ4v) is 1.65. The summed E-state index contributed by atoms with van der Waals surface area (Å²) >= 11 is 0. The zero-order chi connectivity index (χ0) is 15.5. The highest BCUT2D eigenvalue weighted by Gasteiger charge is 2.10. The molecule has 0 amide bonds. The zero-order valence-electron chi connectivity index (χ0n) is 13.3. The predicted molar refractivity (Wildman–Crippen MR) is 81.3 cm³/mol. The van der Waals surface area contributed by atoms with Crippen molar-refractivity contribution in [2.45, 2.75) is 52.7 Å². The number of rotatable bonds is 5. The van der Waals surface area contributed by atoms with E-state index in [4.69, 9.17) is 4.74 Å². The molecular formula is C15H23N5O. The molecule has 0 bridgehead atoms. The van der Waals surface area contributed by atoms with Crippen LogP contribution < -0.4 is 10.1 Å². The maximum atomic E-state index is 5.70. The Bertz CT molecular complexity index is 586. The second kappa shape index (κ2) is 6.22. The van der Waals surface area contributed by atoms with Crippen molar-refractivity contribution >= 4 is 0 Å². The average molecular weight is 289 g/mol. The van der Waals surface area contributed by atoms with Gasteiger partial charge in [-0.05, 0) is 34.6 Å². The Hall–Kier alpha value is -1.95. The Balaban J connectivity index is 2.03. The van der Waals surface area contributed by atoms with E-state index in [0.717, 1.165) is 5.69 Å². The molecule has 6 heteroatoms. The Kier molecular flexibility index (Phi) is 4.57. The standard InChI is InChI=1S/C15H23N5O/c1-11(2)20-10-13(8-18-20)21-14-9-16-6-12(19-14)7-17-15(3,4)5/h6,8-11,17H,7H2,1-5H3. The van der Waals surface area contributed by atoms with Crippen molar-refractivity contribution in [1.29, 1.82) is 0 Å². The van der Waals surface area contributed by atoms with Gasteiger partial charge in [0.2, 0.25) is 5.88 Å². The van der Waals surface area contributed by atoms with E-state index in [9.17, 15) is 0 Å². The molecule has 2 rings (SSSR count). The fraction of sp³-hybridized carbons (Fsp3) is 0.533. The summed E-state index contributed by atoms with van der Waals surface area (Å²) in [5.74, 6) is 1.14. The number of hydrogen-bond acceptors (Lipinski definition) is 5. The van der Waals surface area contributed by atoms with E-state index < -0.39 is 0 Å². The molecule has 0 aromatic carbocycles. The second-order valence-electron chi connectivity index (χ2n) is 6.30. The van der Waals surface area contributed by atoms with Crippen LogP contribution >= 0.6 is 0 Å². The maximum Gasteiger partial charge on any atom is 0.238 e. The summed E-state index contributed by atoms with van der Waals surface area (Å²) in [6.07, 6.45) is 6.88. The highest BCUT2D eigenvalue weighted by atomic mass is 16.5. The molecule has 0 aliphatic carbocycles. The molecule has 1 N–H and O–H groups in total. The van der Waals surface area contributed by atoms with Gasteiger partial charge < -0.3 is 10.1 Å². The highest BCUT2D eigenvalue weighted by Crippen LogP contribution is 2.19. The molecule has 0 atom stereocenters. The van der Waals surface area contributed by atoms with Crippen LogP contribution in [0.25, 0.3) is 0 Å². The van der Waals surface area contributed by atoms with Gasteiger partial charge in [0.05, 0.1) is 24.3 Å². The zero-order valence-corrected chi connectivity index (χ0v) is 13.3. The molecule has 0 spiro atoms. The van der Waals surface area contributed by atoms with Gasteiger partial charge in [-0.25, -0.2) is 4.98 Å². The summed E-state index contributed by atoms with van der Waals surface area (Å²) in [7, 11) is 0. The number of nitrogens with zero attached hydrogens (tertiary/aromatic N) is 4. The molecule has 2 aromatic rings. The van der Waals surface area contributed by atoms with Crippen LogP contribution in [0.1, 0.15) is 46.4 Å². The monoisotopic (exact) mass is 289 g/mol. The van der Waals surface area contributed by atoms with Crippen molar-refractivity contribution in [1.82, 2.24) is 25.1 Å². The summed E-state index contributed by atoms with van der Waals surface area (Å²) < 4.78 is 7.54. The average Bonchev–Trinajstić information content (AvgIpc) is 2.85. The molecule has 0 unspecified atom stereocenters. The van der Waals surface area contributed by atoms with Crippen LogP contribution in [0.2, 0.25) is 0 Å². The molecular weight excluding hydrogens is 266 g/mol. The third-order valence-electron chi connectivity index (χ3n) is 2.79. The number of aromatic nitrogens is 4. The lowest BCUT2D eigenvalue weighted by Gasteiger charge is -2.20. The number of nitrogens with one attached hydrogen (secondary N) is 1. The first-order valence-electron chi connectivity index (χ1n) is 7.11. The highest BCUT2D eigenvalue weighted by molar-refractivity contribution is 5.20. The van der Waals surface area contributed by atoms with E-state index in [-0.39, 0.29) is 5.54 Å². The van der Waals surface area contributed by atoms with Crippen molar-refractivity contribution < 1.29 is 4.74 Å². The fourth-order valence-electron chi connectivity index (χ4n) is 1.65. The number of ether oxygens (including phenoxy) is 1. The minimum absolute atomic E-state index is 0.0386. The van der Waals surface area contributed by atoms with Crippen LogP contribution in [0, 0.1) is 0 Å². The normalized spacial score (nSPS) is 11.9. The first-order valence-corrected chi connectivity index (χ1v) is 7.11. The lowest BCUT2D eigenvalue weighted by Crippen LogP contribution is -2.35. The van der Waals surface area contributed by atoms with Crippen LogP contribution in [0.5, 0.6) is 11.6 Å². The van der Waals surface area contributed by atoms with Gasteiger partial charge >= 0.3 is 0 Å². The maximum absolute atomic E-state index is 5.70. The summed E-state index contributed by atoms with van der Waals surface area (Å²) in [4.78, 5) is 8.61. The van der Waals surface area contributed by atoms with Crippen molar-refractivity contribution in [2.24, 2.45) is 0 Å². The van der Waals surface area contributed by atoms with Crippen LogP contribution in [0.15, 0.2) is 24.8 Å². The molecule has 21 heavy (non-hydrogen) atoms.